The molecule has 0 aliphatic rings. The van der Waals surface area contributed by atoms with Gasteiger partial charge < -0.3 is 9.84 Å². The Bertz CT molecular complexity index is 534. The molecule has 2 rings (SSSR count). The fourth-order valence-electron chi connectivity index (χ4n) is 1.95. The van der Waals surface area contributed by atoms with Crippen molar-refractivity contribution in [3.63, 3.8) is 0 Å². The minimum atomic E-state index is -0.746. The van der Waals surface area contributed by atoms with Crippen LogP contribution in [0.4, 0.5) is 4.39 Å². The lowest BCUT2D eigenvalue weighted by Crippen LogP contribution is -2.03. The van der Waals surface area contributed by atoms with E-state index in [-0.39, 0.29) is 5.82 Å². The van der Waals surface area contributed by atoms with Gasteiger partial charge in [0.05, 0.1) is 13.2 Å². The van der Waals surface area contributed by atoms with Gasteiger partial charge >= 0.3 is 0 Å². The van der Waals surface area contributed by atoms with Gasteiger partial charge in [0.1, 0.15) is 5.82 Å². The van der Waals surface area contributed by atoms with E-state index in [2.05, 4.69) is 4.98 Å². The van der Waals surface area contributed by atoms with Crippen LogP contribution in [0, 0.1) is 12.7 Å². The molecule has 0 bridgehead atoms. The molecule has 0 fully saturated rings. The average molecular weight is 261 g/mol. The highest BCUT2D eigenvalue weighted by Gasteiger charge is 2.11. The first-order valence-electron chi connectivity index (χ1n) is 6.02. The van der Waals surface area contributed by atoms with E-state index in [9.17, 15) is 9.50 Å². The summed E-state index contributed by atoms with van der Waals surface area (Å²) in [7, 11) is 1.55. The molecule has 0 aliphatic carbocycles. The lowest BCUT2D eigenvalue weighted by molar-refractivity contribution is 0.178. The van der Waals surface area contributed by atoms with E-state index in [1.165, 1.54) is 12.1 Å². The number of aromatic nitrogens is 1. The van der Waals surface area contributed by atoms with E-state index in [0.717, 1.165) is 11.1 Å². The summed E-state index contributed by atoms with van der Waals surface area (Å²) in [5, 5.41) is 10.1. The number of halogens is 1. The summed E-state index contributed by atoms with van der Waals surface area (Å²) in [6.07, 6.45) is 1.29. The number of aliphatic hydroxyl groups excluding tert-OH is 1. The molecule has 0 saturated heterocycles. The van der Waals surface area contributed by atoms with Gasteiger partial charge in [-0.1, -0.05) is 12.1 Å². The fraction of sp³-hybridized carbons (Fsp3) is 0.267. The zero-order valence-corrected chi connectivity index (χ0v) is 10.9. The molecule has 0 amide bonds. The summed E-state index contributed by atoms with van der Waals surface area (Å²) in [5.74, 6) is 0.196. The Morgan fingerprint density at radius 1 is 1.32 bits per heavy atom. The number of benzene rings is 1. The molecule has 1 unspecified atom stereocenters. The van der Waals surface area contributed by atoms with Gasteiger partial charge in [0, 0.05) is 18.7 Å². The summed E-state index contributed by atoms with van der Waals surface area (Å²) >= 11 is 0. The lowest BCUT2D eigenvalue weighted by atomic mass is 10.0. The van der Waals surface area contributed by atoms with Crippen molar-refractivity contribution in [2.75, 3.05) is 7.11 Å². The maximum atomic E-state index is 13.3. The third kappa shape index (κ3) is 3.51. The van der Waals surface area contributed by atoms with E-state index in [1.807, 2.05) is 6.07 Å². The van der Waals surface area contributed by atoms with Gasteiger partial charge in [-0.2, -0.15) is 0 Å². The lowest BCUT2D eigenvalue weighted by Gasteiger charge is -2.12. The fourth-order valence-corrected chi connectivity index (χ4v) is 1.95. The number of nitrogens with zero attached hydrogens (tertiary/aromatic N) is 1. The SMILES string of the molecule is COc1ccc(CC(O)c2cc(C)cc(F)c2)cn1. The zero-order valence-electron chi connectivity index (χ0n) is 10.9. The topological polar surface area (TPSA) is 42.4 Å². The van der Waals surface area contributed by atoms with Crippen LogP contribution >= 0.6 is 0 Å². The van der Waals surface area contributed by atoms with Crippen LogP contribution in [0.25, 0.3) is 0 Å². The standard InChI is InChI=1S/C15H16FNO2/c1-10-5-12(8-13(16)6-10)14(18)7-11-3-4-15(19-2)17-9-11/h3-6,8-9,14,18H,7H2,1-2H3. The maximum absolute atomic E-state index is 13.3. The molecular formula is C15H16FNO2. The Balaban J connectivity index is 2.13. The molecule has 1 heterocycles. The number of hydrogen-bond acceptors (Lipinski definition) is 3. The highest BCUT2D eigenvalue weighted by molar-refractivity contribution is 5.27. The van der Waals surface area contributed by atoms with Gasteiger partial charge in [0.25, 0.3) is 0 Å². The third-order valence-electron chi connectivity index (χ3n) is 2.89. The zero-order chi connectivity index (χ0) is 13.8. The smallest absolute Gasteiger partial charge is 0.212 e. The summed E-state index contributed by atoms with van der Waals surface area (Å²) < 4.78 is 18.3. The summed E-state index contributed by atoms with van der Waals surface area (Å²) in [4.78, 5) is 4.07. The van der Waals surface area contributed by atoms with Crippen molar-refractivity contribution in [2.24, 2.45) is 0 Å². The normalized spacial score (nSPS) is 12.2. The van der Waals surface area contributed by atoms with Crippen molar-refractivity contribution in [1.82, 2.24) is 4.98 Å². The third-order valence-corrected chi connectivity index (χ3v) is 2.89. The second-order valence-corrected chi connectivity index (χ2v) is 4.49. The second-order valence-electron chi connectivity index (χ2n) is 4.49. The van der Waals surface area contributed by atoms with Crippen LogP contribution in [0.1, 0.15) is 22.8 Å². The largest absolute Gasteiger partial charge is 0.481 e. The first kappa shape index (κ1) is 13.5. The van der Waals surface area contributed by atoms with Crippen LogP contribution < -0.4 is 4.74 Å². The number of pyridine rings is 1. The molecule has 1 N–H and O–H groups in total. The number of hydrogen-bond donors (Lipinski definition) is 1. The van der Waals surface area contributed by atoms with Crippen LogP contribution in [0.3, 0.4) is 0 Å². The number of aliphatic hydroxyl groups is 1. The number of methoxy groups -OCH3 is 1. The summed E-state index contributed by atoms with van der Waals surface area (Å²) in [6.45, 7) is 1.80. The van der Waals surface area contributed by atoms with E-state index in [1.54, 1.807) is 32.4 Å². The van der Waals surface area contributed by atoms with Gasteiger partial charge in [-0.3, -0.25) is 0 Å². The Labute approximate surface area is 111 Å². The van der Waals surface area contributed by atoms with Gasteiger partial charge in [0.2, 0.25) is 5.88 Å². The van der Waals surface area contributed by atoms with Gasteiger partial charge in [0.15, 0.2) is 0 Å². The minimum Gasteiger partial charge on any atom is -0.481 e. The highest BCUT2D eigenvalue weighted by Crippen LogP contribution is 2.21. The molecule has 0 spiro atoms. The Morgan fingerprint density at radius 3 is 2.68 bits per heavy atom. The van der Waals surface area contributed by atoms with Crippen molar-refractivity contribution in [3.8, 4) is 5.88 Å². The van der Waals surface area contributed by atoms with Crippen molar-refractivity contribution >= 4 is 0 Å². The molecule has 1 aromatic carbocycles. The molecular weight excluding hydrogens is 245 g/mol. The van der Waals surface area contributed by atoms with Gasteiger partial charge in [-0.05, 0) is 35.7 Å². The Morgan fingerprint density at radius 2 is 2.11 bits per heavy atom. The predicted molar refractivity (Wildman–Crippen MR) is 70.6 cm³/mol. The van der Waals surface area contributed by atoms with Gasteiger partial charge in [-0.15, -0.1) is 0 Å². The molecule has 0 radical (unpaired) electrons. The van der Waals surface area contributed by atoms with Crippen LogP contribution in [-0.2, 0) is 6.42 Å². The van der Waals surface area contributed by atoms with E-state index >= 15 is 0 Å². The molecule has 100 valence electrons. The Kier molecular flexibility index (Phi) is 4.12. The number of aryl methyl sites for hydroxylation is 1. The first-order chi connectivity index (χ1) is 9.08. The van der Waals surface area contributed by atoms with Crippen LogP contribution in [0.15, 0.2) is 36.5 Å². The molecule has 3 nitrogen and oxygen atoms in total. The van der Waals surface area contributed by atoms with Crippen molar-refractivity contribution in [3.05, 3.63) is 59.0 Å². The van der Waals surface area contributed by atoms with Crippen molar-refractivity contribution < 1.29 is 14.2 Å². The van der Waals surface area contributed by atoms with Gasteiger partial charge in [-0.25, -0.2) is 9.37 Å². The molecule has 2 aromatic rings. The molecule has 1 atom stereocenters. The van der Waals surface area contributed by atoms with E-state index in [4.69, 9.17) is 4.74 Å². The van der Waals surface area contributed by atoms with Crippen molar-refractivity contribution in [1.29, 1.82) is 0 Å². The monoisotopic (exact) mass is 261 g/mol. The summed E-state index contributed by atoms with van der Waals surface area (Å²) in [5.41, 5.74) is 2.24. The average Bonchev–Trinajstić information content (AvgIpc) is 2.38. The predicted octanol–water partition coefficient (Wildman–Crippen LogP) is 2.81. The van der Waals surface area contributed by atoms with Crippen LogP contribution in [-0.4, -0.2) is 17.2 Å². The molecule has 0 saturated carbocycles. The Hall–Kier alpha value is -1.94. The molecule has 0 aliphatic heterocycles. The van der Waals surface area contributed by atoms with E-state index < -0.39 is 6.10 Å². The second kappa shape index (κ2) is 5.80. The molecule has 4 heteroatoms. The van der Waals surface area contributed by atoms with Crippen LogP contribution in [0.5, 0.6) is 5.88 Å². The minimum absolute atomic E-state index is 0.332. The van der Waals surface area contributed by atoms with E-state index in [0.29, 0.717) is 17.9 Å². The first-order valence-corrected chi connectivity index (χ1v) is 6.02. The summed E-state index contributed by atoms with van der Waals surface area (Å²) in [6, 6.07) is 8.14. The quantitative estimate of drug-likeness (QED) is 0.920. The van der Waals surface area contributed by atoms with Crippen LogP contribution in [0.2, 0.25) is 0 Å². The maximum Gasteiger partial charge on any atom is 0.212 e. The number of rotatable bonds is 4. The van der Waals surface area contributed by atoms with Crippen molar-refractivity contribution in [2.45, 2.75) is 19.4 Å². The number of ether oxygens (including phenoxy) is 1. The highest BCUT2D eigenvalue weighted by atomic mass is 19.1. The molecule has 19 heavy (non-hydrogen) atoms. The molecule has 1 aromatic heterocycles.